The van der Waals surface area contributed by atoms with Gasteiger partial charge in [-0.3, -0.25) is 9.69 Å². The zero-order valence-electron chi connectivity index (χ0n) is 20.3. The number of carbonyl (C=O) groups is 3. The summed E-state index contributed by atoms with van der Waals surface area (Å²) in [4.78, 5) is 37.3. The largest absolute Gasteiger partial charge is 0.480 e. The maximum absolute atomic E-state index is 13.3. The molecule has 0 bridgehead atoms. The summed E-state index contributed by atoms with van der Waals surface area (Å²) in [5, 5.41) is 22.0. The van der Waals surface area contributed by atoms with Gasteiger partial charge in [-0.2, -0.15) is 0 Å². The van der Waals surface area contributed by atoms with Gasteiger partial charge in [0.05, 0.1) is 5.92 Å². The lowest BCUT2D eigenvalue weighted by Crippen LogP contribution is -2.54. The van der Waals surface area contributed by atoms with Crippen molar-refractivity contribution >= 4 is 18.0 Å². The Kier molecular flexibility index (Phi) is 7.79. The molecule has 4 rings (SSSR count). The summed E-state index contributed by atoms with van der Waals surface area (Å²) in [6, 6.07) is 14.5. The second kappa shape index (κ2) is 11.0. The first kappa shape index (κ1) is 25.5. The van der Waals surface area contributed by atoms with Crippen molar-refractivity contribution in [3.63, 3.8) is 0 Å². The second-order valence-electron chi connectivity index (χ2n) is 9.41. The van der Waals surface area contributed by atoms with E-state index in [9.17, 15) is 24.6 Å². The summed E-state index contributed by atoms with van der Waals surface area (Å²) in [6.45, 7) is 0.803. The number of carboxylic acids is 1. The van der Waals surface area contributed by atoms with Crippen molar-refractivity contribution in [1.29, 1.82) is 0 Å². The van der Waals surface area contributed by atoms with Gasteiger partial charge in [0.1, 0.15) is 17.5 Å². The van der Waals surface area contributed by atoms with Crippen LogP contribution in [0, 0.1) is 5.92 Å². The van der Waals surface area contributed by atoms with Crippen molar-refractivity contribution < 1.29 is 34.1 Å². The van der Waals surface area contributed by atoms with Gasteiger partial charge in [-0.05, 0) is 44.2 Å². The number of methoxy groups -OCH3 is 1. The molecule has 2 aromatic carbocycles. The van der Waals surface area contributed by atoms with Crippen LogP contribution in [0.3, 0.4) is 0 Å². The number of rotatable bonds is 9. The molecule has 9 nitrogen and oxygen atoms in total. The van der Waals surface area contributed by atoms with Gasteiger partial charge in [-0.25, -0.2) is 9.59 Å². The van der Waals surface area contributed by atoms with Crippen molar-refractivity contribution in [3.8, 4) is 11.5 Å². The molecule has 2 aliphatic rings. The summed E-state index contributed by atoms with van der Waals surface area (Å²) in [7, 11) is 1.68. The van der Waals surface area contributed by atoms with Gasteiger partial charge < -0.3 is 25.0 Å². The van der Waals surface area contributed by atoms with E-state index in [1.807, 2.05) is 48.5 Å². The highest BCUT2D eigenvalue weighted by atomic mass is 16.5. The van der Waals surface area contributed by atoms with Crippen molar-refractivity contribution in [1.82, 2.24) is 10.2 Å². The monoisotopic (exact) mass is 496 g/mol. The Labute approximate surface area is 210 Å². The van der Waals surface area contributed by atoms with Gasteiger partial charge in [0.2, 0.25) is 5.91 Å². The maximum atomic E-state index is 13.3. The normalized spacial score (nSPS) is 20.0. The second-order valence-corrected chi connectivity index (χ2v) is 9.41. The van der Waals surface area contributed by atoms with Crippen LogP contribution in [0.25, 0.3) is 0 Å². The molecule has 1 fully saturated rings. The molecule has 192 valence electrons. The third-order valence-electron chi connectivity index (χ3n) is 7.28. The third kappa shape index (κ3) is 5.02. The number of nitrogens with one attached hydrogen (secondary N) is 1. The van der Waals surface area contributed by atoms with Crippen LogP contribution in [0.15, 0.2) is 48.5 Å². The van der Waals surface area contributed by atoms with E-state index < -0.39 is 29.4 Å². The highest BCUT2D eigenvalue weighted by Gasteiger charge is 2.43. The van der Waals surface area contributed by atoms with Gasteiger partial charge in [0.25, 0.3) is 0 Å². The molecule has 9 heteroatoms. The van der Waals surface area contributed by atoms with Crippen LogP contribution in [0.2, 0.25) is 0 Å². The number of carboxylic acid groups (broad SMARTS) is 2. The average molecular weight is 497 g/mol. The van der Waals surface area contributed by atoms with Gasteiger partial charge in [-0.1, -0.05) is 36.4 Å². The number of aliphatic carboxylic acids is 1. The van der Waals surface area contributed by atoms with E-state index in [4.69, 9.17) is 9.47 Å². The van der Waals surface area contributed by atoms with E-state index >= 15 is 0 Å². The highest BCUT2D eigenvalue weighted by Crippen LogP contribution is 2.50. The number of benzene rings is 2. The molecule has 0 radical (unpaired) electrons. The molecule has 1 saturated heterocycles. The number of para-hydroxylation sites is 2. The number of nitrogens with zero attached hydrogens (tertiary/aromatic N) is 1. The molecule has 36 heavy (non-hydrogen) atoms. The van der Waals surface area contributed by atoms with Crippen LogP contribution in [-0.4, -0.2) is 65.9 Å². The number of unbranched alkanes of at least 4 members (excludes halogenated alkanes) is 1. The lowest BCUT2D eigenvalue weighted by molar-refractivity contribution is -0.145. The first-order chi connectivity index (χ1) is 17.4. The van der Waals surface area contributed by atoms with E-state index in [2.05, 4.69) is 5.32 Å². The highest BCUT2D eigenvalue weighted by molar-refractivity contribution is 5.83. The van der Waals surface area contributed by atoms with Crippen LogP contribution < -0.4 is 10.1 Å². The molecule has 2 amide bonds. The predicted octanol–water partition coefficient (Wildman–Crippen LogP) is 3.85. The lowest BCUT2D eigenvalue weighted by Gasteiger charge is -2.41. The Hall–Kier alpha value is -3.59. The lowest BCUT2D eigenvalue weighted by atomic mass is 9.69. The fraction of sp³-hybridized carbons (Fsp3) is 0.444. The van der Waals surface area contributed by atoms with Gasteiger partial charge in [0, 0.05) is 43.3 Å². The summed E-state index contributed by atoms with van der Waals surface area (Å²) < 4.78 is 11.4. The number of hydrogen-bond acceptors (Lipinski definition) is 5. The number of amides is 2. The average Bonchev–Trinajstić information content (AvgIpc) is 2.89. The Morgan fingerprint density at radius 3 is 2.25 bits per heavy atom. The number of carbonyl (C=O) groups excluding carboxylic acids is 1. The standard InChI is InChI=1S/C27H32N2O7/c1-35-15-7-6-14-27(19-8-2-4-10-22(19)36-23-11-5-3-9-20(23)27)17-28-24(30)18-12-13-21(25(31)32)29(16-18)26(33)34/h2-5,8-11,18,21H,6-7,12-17H2,1H3,(H,28,30)(H,31,32)(H,33,34)/t18-,21?/m0/s1. The Morgan fingerprint density at radius 2 is 1.67 bits per heavy atom. The Morgan fingerprint density at radius 1 is 1.03 bits per heavy atom. The Bertz CT molecular complexity index is 1070. The summed E-state index contributed by atoms with van der Waals surface area (Å²) in [6.07, 6.45) is 1.56. The van der Waals surface area contributed by atoms with Crippen molar-refractivity contribution in [2.24, 2.45) is 5.92 Å². The minimum absolute atomic E-state index is 0.0986. The molecule has 3 N–H and O–H groups in total. The molecule has 2 heterocycles. The van der Waals surface area contributed by atoms with E-state index in [0.29, 0.717) is 19.6 Å². The van der Waals surface area contributed by atoms with E-state index in [1.165, 1.54) is 0 Å². The Balaban J connectivity index is 1.60. The SMILES string of the molecule is COCCCCC1(CNC(=O)[C@H]2CCC(C(=O)O)N(C(=O)O)C2)c2ccccc2Oc2ccccc21. The fourth-order valence-corrected chi connectivity index (χ4v) is 5.42. The fourth-order valence-electron chi connectivity index (χ4n) is 5.42. The van der Waals surface area contributed by atoms with Gasteiger partial charge in [0.15, 0.2) is 0 Å². The molecule has 0 aromatic heterocycles. The molecule has 2 aromatic rings. The molecule has 0 aliphatic carbocycles. The van der Waals surface area contributed by atoms with Crippen LogP contribution in [0.1, 0.15) is 43.2 Å². The predicted molar refractivity (Wildman–Crippen MR) is 131 cm³/mol. The number of hydrogen-bond donors (Lipinski definition) is 3. The minimum Gasteiger partial charge on any atom is -0.480 e. The summed E-state index contributed by atoms with van der Waals surface area (Å²) in [5.74, 6) is -0.593. The first-order valence-corrected chi connectivity index (χ1v) is 12.2. The minimum atomic E-state index is -1.33. The molecule has 0 saturated carbocycles. The van der Waals surface area contributed by atoms with Crippen molar-refractivity contribution in [3.05, 3.63) is 59.7 Å². The number of fused-ring (bicyclic) bond motifs is 2. The van der Waals surface area contributed by atoms with Crippen LogP contribution >= 0.6 is 0 Å². The first-order valence-electron chi connectivity index (χ1n) is 12.2. The smallest absolute Gasteiger partial charge is 0.408 e. The molecule has 0 spiro atoms. The summed E-state index contributed by atoms with van der Waals surface area (Å²) in [5.41, 5.74) is 1.44. The molecular weight excluding hydrogens is 464 g/mol. The molecule has 2 atom stereocenters. The maximum Gasteiger partial charge on any atom is 0.408 e. The number of ether oxygens (including phenoxy) is 2. The molecular formula is C27H32N2O7. The van der Waals surface area contributed by atoms with E-state index in [-0.39, 0.29) is 18.9 Å². The number of likely N-dealkylation sites (tertiary alicyclic amines) is 1. The van der Waals surface area contributed by atoms with Gasteiger partial charge >= 0.3 is 12.1 Å². The van der Waals surface area contributed by atoms with Crippen LogP contribution in [-0.2, 0) is 19.7 Å². The van der Waals surface area contributed by atoms with E-state index in [1.54, 1.807) is 7.11 Å². The molecule has 1 unspecified atom stereocenters. The number of piperidine rings is 1. The van der Waals surface area contributed by atoms with Crippen LogP contribution in [0.4, 0.5) is 4.79 Å². The zero-order valence-corrected chi connectivity index (χ0v) is 20.3. The quantitative estimate of drug-likeness (QED) is 0.450. The van der Waals surface area contributed by atoms with E-state index in [0.717, 1.165) is 46.8 Å². The third-order valence-corrected chi connectivity index (χ3v) is 7.28. The summed E-state index contributed by atoms with van der Waals surface area (Å²) >= 11 is 0. The van der Waals surface area contributed by atoms with Crippen LogP contribution in [0.5, 0.6) is 11.5 Å². The topological polar surface area (TPSA) is 125 Å². The van der Waals surface area contributed by atoms with Crippen molar-refractivity contribution in [2.45, 2.75) is 43.6 Å². The zero-order chi connectivity index (χ0) is 25.7. The van der Waals surface area contributed by atoms with Gasteiger partial charge in [-0.15, -0.1) is 0 Å². The molecule has 2 aliphatic heterocycles. The van der Waals surface area contributed by atoms with Crippen molar-refractivity contribution in [2.75, 3.05) is 26.8 Å².